The maximum atomic E-state index is 12.3. The Balaban J connectivity index is 0.00000220. The van der Waals surface area contributed by atoms with Crippen LogP contribution in [0.15, 0.2) is 30.3 Å². The second-order valence-corrected chi connectivity index (χ2v) is 6.37. The van der Waals surface area contributed by atoms with Crippen molar-refractivity contribution < 1.29 is 4.79 Å². The lowest BCUT2D eigenvalue weighted by atomic mass is 9.90. The fourth-order valence-corrected chi connectivity index (χ4v) is 3.02. The Morgan fingerprint density at radius 3 is 2.50 bits per heavy atom. The Morgan fingerprint density at radius 1 is 1.27 bits per heavy atom. The van der Waals surface area contributed by atoms with E-state index in [2.05, 4.69) is 43.4 Å². The van der Waals surface area contributed by atoms with Gasteiger partial charge in [-0.25, -0.2) is 0 Å². The summed E-state index contributed by atoms with van der Waals surface area (Å²) in [5, 5.41) is 3.47. The Morgan fingerprint density at radius 2 is 1.91 bits per heavy atom. The summed E-state index contributed by atoms with van der Waals surface area (Å²) in [6.45, 7) is 5.00. The predicted molar refractivity (Wildman–Crippen MR) is 97.0 cm³/mol. The molecule has 0 aliphatic carbocycles. The molecule has 1 saturated heterocycles. The van der Waals surface area contributed by atoms with E-state index in [4.69, 9.17) is 5.73 Å². The van der Waals surface area contributed by atoms with Gasteiger partial charge in [0.2, 0.25) is 0 Å². The minimum Gasteiger partial charge on any atom is -0.321 e. The van der Waals surface area contributed by atoms with E-state index in [-0.39, 0.29) is 42.6 Å². The molecule has 0 amide bonds. The Hall–Kier alpha value is -0.610. The van der Waals surface area contributed by atoms with Crippen molar-refractivity contribution in [1.82, 2.24) is 5.32 Å². The van der Waals surface area contributed by atoms with Crippen LogP contribution in [-0.2, 0) is 11.2 Å². The first-order valence-corrected chi connectivity index (χ1v) is 7.63. The number of rotatable bonds is 6. The van der Waals surface area contributed by atoms with Gasteiger partial charge in [0.15, 0.2) is 5.78 Å². The van der Waals surface area contributed by atoms with Gasteiger partial charge in [-0.2, -0.15) is 0 Å². The molecule has 3 N–H and O–H groups in total. The molecule has 0 aromatic heterocycles. The van der Waals surface area contributed by atoms with Crippen LogP contribution < -0.4 is 11.1 Å². The highest BCUT2D eigenvalue weighted by molar-refractivity contribution is 5.86. The molecule has 2 unspecified atom stereocenters. The van der Waals surface area contributed by atoms with E-state index < -0.39 is 0 Å². The van der Waals surface area contributed by atoms with Gasteiger partial charge in [0.25, 0.3) is 0 Å². The maximum absolute atomic E-state index is 12.3. The highest BCUT2D eigenvalue weighted by Crippen LogP contribution is 2.20. The zero-order valence-corrected chi connectivity index (χ0v) is 15.0. The largest absolute Gasteiger partial charge is 0.321 e. The van der Waals surface area contributed by atoms with E-state index >= 15 is 0 Å². The quantitative estimate of drug-likeness (QED) is 0.832. The van der Waals surface area contributed by atoms with Gasteiger partial charge in [0.1, 0.15) is 0 Å². The summed E-state index contributed by atoms with van der Waals surface area (Å²) >= 11 is 0. The number of hydrogen-bond acceptors (Lipinski definition) is 3. The van der Waals surface area contributed by atoms with Crippen molar-refractivity contribution in [3.05, 3.63) is 35.9 Å². The van der Waals surface area contributed by atoms with Crippen molar-refractivity contribution >= 4 is 30.6 Å². The number of ketones is 1. The van der Waals surface area contributed by atoms with Crippen LogP contribution in [-0.4, -0.2) is 24.4 Å². The third kappa shape index (κ3) is 6.25. The van der Waals surface area contributed by atoms with Crippen LogP contribution in [0.5, 0.6) is 0 Å². The number of hydrogen-bond donors (Lipinski definition) is 2. The SMILES string of the molecule is CC(C)C[C@H](N)C(=O)C1CNC(Cc2ccccc2)C1.Cl.Cl. The second kappa shape index (κ2) is 10.2. The molecular weight excluding hydrogens is 319 g/mol. The predicted octanol–water partition coefficient (Wildman–Crippen LogP) is 2.99. The van der Waals surface area contributed by atoms with Crippen LogP contribution in [0.3, 0.4) is 0 Å². The first-order chi connectivity index (χ1) is 9.56. The number of nitrogens with one attached hydrogen (secondary N) is 1. The molecule has 126 valence electrons. The molecule has 0 radical (unpaired) electrons. The Labute approximate surface area is 146 Å². The third-order valence-corrected chi connectivity index (χ3v) is 4.04. The molecular formula is C17H28Cl2N2O. The molecule has 22 heavy (non-hydrogen) atoms. The average Bonchev–Trinajstić information content (AvgIpc) is 2.86. The highest BCUT2D eigenvalue weighted by atomic mass is 35.5. The summed E-state index contributed by atoms with van der Waals surface area (Å²) in [5.41, 5.74) is 7.34. The summed E-state index contributed by atoms with van der Waals surface area (Å²) in [6.07, 6.45) is 2.70. The van der Waals surface area contributed by atoms with E-state index in [1.807, 2.05) is 6.07 Å². The third-order valence-electron chi connectivity index (χ3n) is 4.04. The molecule has 1 aromatic rings. The summed E-state index contributed by atoms with van der Waals surface area (Å²) in [5.74, 6) is 0.808. The monoisotopic (exact) mass is 346 g/mol. The van der Waals surface area contributed by atoms with Crippen molar-refractivity contribution in [3.8, 4) is 0 Å². The van der Waals surface area contributed by atoms with Gasteiger partial charge in [-0.1, -0.05) is 44.2 Å². The molecule has 1 aromatic carbocycles. The normalized spacial score (nSPS) is 21.8. The summed E-state index contributed by atoms with van der Waals surface area (Å²) in [6, 6.07) is 10.5. The lowest BCUT2D eigenvalue weighted by Crippen LogP contribution is -2.37. The molecule has 3 nitrogen and oxygen atoms in total. The van der Waals surface area contributed by atoms with Crippen LogP contribution in [0, 0.1) is 11.8 Å². The maximum Gasteiger partial charge on any atom is 0.153 e. The van der Waals surface area contributed by atoms with Crippen molar-refractivity contribution in [2.75, 3.05) is 6.54 Å². The van der Waals surface area contributed by atoms with Gasteiger partial charge in [0, 0.05) is 18.5 Å². The van der Waals surface area contributed by atoms with Crippen LogP contribution in [0.4, 0.5) is 0 Å². The first-order valence-electron chi connectivity index (χ1n) is 7.63. The van der Waals surface area contributed by atoms with Gasteiger partial charge >= 0.3 is 0 Å². The lowest BCUT2D eigenvalue weighted by molar-refractivity contribution is -0.123. The van der Waals surface area contributed by atoms with E-state index in [0.717, 1.165) is 25.8 Å². The molecule has 3 atom stereocenters. The molecule has 1 heterocycles. The number of carbonyl (C=O) groups excluding carboxylic acids is 1. The van der Waals surface area contributed by atoms with Crippen molar-refractivity contribution in [2.24, 2.45) is 17.6 Å². The van der Waals surface area contributed by atoms with E-state index in [9.17, 15) is 4.79 Å². The smallest absolute Gasteiger partial charge is 0.153 e. The van der Waals surface area contributed by atoms with Gasteiger partial charge in [-0.3, -0.25) is 4.79 Å². The van der Waals surface area contributed by atoms with Gasteiger partial charge < -0.3 is 11.1 Å². The van der Waals surface area contributed by atoms with E-state index in [1.54, 1.807) is 0 Å². The topological polar surface area (TPSA) is 55.1 Å². The highest BCUT2D eigenvalue weighted by Gasteiger charge is 2.32. The van der Waals surface area contributed by atoms with Gasteiger partial charge in [0.05, 0.1) is 6.04 Å². The van der Waals surface area contributed by atoms with Crippen LogP contribution in [0.1, 0.15) is 32.3 Å². The fourth-order valence-electron chi connectivity index (χ4n) is 3.02. The van der Waals surface area contributed by atoms with Crippen LogP contribution in [0.2, 0.25) is 0 Å². The number of halogens is 2. The molecule has 1 fully saturated rings. The summed E-state index contributed by atoms with van der Waals surface area (Å²) < 4.78 is 0. The Bertz CT molecular complexity index is 440. The summed E-state index contributed by atoms with van der Waals surface area (Å²) in [4.78, 5) is 12.3. The van der Waals surface area contributed by atoms with Crippen LogP contribution >= 0.6 is 24.8 Å². The van der Waals surface area contributed by atoms with Crippen LogP contribution in [0.25, 0.3) is 0 Å². The molecule has 0 spiro atoms. The number of benzene rings is 1. The average molecular weight is 347 g/mol. The number of nitrogens with two attached hydrogens (primary N) is 1. The summed E-state index contributed by atoms with van der Waals surface area (Å²) in [7, 11) is 0. The molecule has 2 rings (SSSR count). The lowest BCUT2D eigenvalue weighted by Gasteiger charge is -2.16. The first kappa shape index (κ1) is 21.4. The molecule has 0 saturated carbocycles. The molecule has 1 aliphatic rings. The zero-order chi connectivity index (χ0) is 14.5. The van der Waals surface area contributed by atoms with Crippen molar-refractivity contribution in [1.29, 1.82) is 0 Å². The van der Waals surface area contributed by atoms with Gasteiger partial charge in [-0.05, 0) is 30.7 Å². The van der Waals surface area contributed by atoms with Crippen molar-refractivity contribution in [2.45, 2.75) is 45.2 Å². The molecule has 1 aliphatic heterocycles. The molecule has 5 heteroatoms. The van der Waals surface area contributed by atoms with E-state index in [1.165, 1.54) is 5.56 Å². The fraction of sp³-hybridized carbons (Fsp3) is 0.588. The minimum atomic E-state index is -0.294. The van der Waals surface area contributed by atoms with E-state index in [0.29, 0.717) is 12.0 Å². The van der Waals surface area contributed by atoms with Gasteiger partial charge in [-0.15, -0.1) is 24.8 Å². The standard InChI is InChI=1S/C17H26N2O.2ClH/c1-12(2)8-16(18)17(20)14-10-15(19-11-14)9-13-6-4-3-5-7-13;;/h3-7,12,14-16,19H,8-11,18H2,1-2H3;2*1H/t14?,15?,16-;;/m0../s1. The number of Topliss-reactive ketones (excluding diaryl/α,β-unsaturated/α-hetero) is 1. The number of carbonyl (C=O) groups is 1. The van der Waals surface area contributed by atoms with Crippen molar-refractivity contribution in [3.63, 3.8) is 0 Å². The second-order valence-electron chi connectivity index (χ2n) is 6.37. The molecule has 0 bridgehead atoms. The minimum absolute atomic E-state index is 0. The zero-order valence-electron chi connectivity index (χ0n) is 13.3. The Kier molecular flexibility index (Phi) is 9.94.